The number of nitrogens with one attached hydrogen (secondary N) is 1. The van der Waals surface area contributed by atoms with Crippen molar-refractivity contribution in [3.05, 3.63) is 41.2 Å². The van der Waals surface area contributed by atoms with E-state index in [1.807, 2.05) is 10.9 Å². The SMILES string of the molecule is CCCn1cc(Oc2ccc(C(=N)N)cc2Cl)cn1. The van der Waals surface area contributed by atoms with Crippen molar-refractivity contribution in [2.45, 2.75) is 19.9 Å². The predicted octanol–water partition coefficient (Wildman–Crippen LogP) is 3.02. The van der Waals surface area contributed by atoms with E-state index in [1.165, 1.54) is 0 Å². The van der Waals surface area contributed by atoms with Gasteiger partial charge in [0.25, 0.3) is 0 Å². The fourth-order valence-corrected chi connectivity index (χ4v) is 1.85. The van der Waals surface area contributed by atoms with Gasteiger partial charge in [0.1, 0.15) is 11.6 Å². The summed E-state index contributed by atoms with van der Waals surface area (Å²) < 4.78 is 7.46. The Labute approximate surface area is 116 Å². The lowest BCUT2D eigenvalue weighted by molar-refractivity contribution is 0.481. The molecule has 0 aliphatic heterocycles. The number of benzene rings is 1. The van der Waals surface area contributed by atoms with Crippen molar-refractivity contribution >= 4 is 17.4 Å². The molecule has 0 amide bonds. The minimum Gasteiger partial charge on any atom is -0.452 e. The van der Waals surface area contributed by atoms with Crippen LogP contribution in [0.2, 0.25) is 5.02 Å². The van der Waals surface area contributed by atoms with Crippen LogP contribution in [0.1, 0.15) is 18.9 Å². The third-order valence-electron chi connectivity index (χ3n) is 2.53. The number of nitrogens with two attached hydrogens (primary N) is 1. The third kappa shape index (κ3) is 3.26. The molecule has 0 atom stereocenters. The van der Waals surface area contributed by atoms with Crippen molar-refractivity contribution in [2.24, 2.45) is 5.73 Å². The van der Waals surface area contributed by atoms with Gasteiger partial charge in [0.2, 0.25) is 0 Å². The van der Waals surface area contributed by atoms with Crippen LogP contribution in [0.3, 0.4) is 0 Å². The first-order valence-corrected chi connectivity index (χ1v) is 6.32. The molecule has 6 heteroatoms. The summed E-state index contributed by atoms with van der Waals surface area (Å²) in [6.45, 7) is 2.93. The molecule has 0 bridgehead atoms. The van der Waals surface area contributed by atoms with Gasteiger partial charge in [-0.2, -0.15) is 5.10 Å². The summed E-state index contributed by atoms with van der Waals surface area (Å²) in [7, 11) is 0. The molecule has 0 aliphatic carbocycles. The predicted molar refractivity (Wildman–Crippen MR) is 75.1 cm³/mol. The van der Waals surface area contributed by atoms with Gasteiger partial charge in [0.05, 0.1) is 17.4 Å². The van der Waals surface area contributed by atoms with Crippen LogP contribution in [-0.4, -0.2) is 15.6 Å². The standard InChI is InChI=1S/C13H15ClN4O/c1-2-5-18-8-10(7-17-18)19-12-4-3-9(13(15)16)6-11(12)14/h3-4,6-8H,2,5H2,1H3,(H3,15,16). The second-order valence-electron chi connectivity index (χ2n) is 4.10. The lowest BCUT2D eigenvalue weighted by Gasteiger charge is -2.06. The van der Waals surface area contributed by atoms with Gasteiger partial charge >= 0.3 is 0 Å². The molecule has 0 spiro atoms. The number of hydrogen-bond acceptors (Lipinski definition) is 3. The molecule has 1 aromatic carbocycles. The maximum absolute atomic E-state index is 7.34. The summed E-state index contributed by atoms with van der Waals surface area (Å²) >= 11 is 6.09. The fourth-order valence-electron chi connectivity index (χ4n) is 1.63. The minimum atomic E-state index is -0.0239. The van der Waals surface area contributed by atoms with E-state index in [9.17, 15) is 0 Å². The first-order chi connectivity index (χ1) is 9.10. The van der Waals surface area contributed by atoms with Crippen LogP contribution in [0.25, 0.3) is 0 Å². The fraction of sp³-hybridized carbons (Fsp3) is 0.231. The average Bonchev–Trinajstić information content (AvgIpc) is 2.79. The van der Waals surface area contributed by atoms with Crippen molar-refractivity contribution in [2.75, 3.05) is 0 Å². The molecule has 0 radical (unpaired) electrons. The molecule has 3 N–H and O–H groups in total. The Kier molecular flexibility index (Phi) is 4.06. The molecular weight excluding hydrogens is 264 g/mol. The topological polar surface area (TPSA) is 76.9 Å². The Balaban J connectivity index is 2.16. The smallest absolute Gasteiger partial charge is 0.165 e. The van der Waals surface area contributed by atoms with Crippen LogP contribution in [0.5, 0.6) is 11.5 Å². The van der Waals surface area contributed by atoms with Crippen molar-refractivity contribution in [3.8, 4) is 11.5 Å². The highest BCUT2D eigenvalue weighted by Crippen LogP contribution is 2.29. The average molecular weight is 279 g/mol. The van der Waals surface area contributed by atoms with Gasteiger partial charge in [-0.15, -0.1) is 0 Å². The molecule has 1 heterocycles. The molecule has 100 valence electrons. The van der Waals surface area contributed by atoms with Crippen LogP contribution in [-0.2, 0) is 6.54 Å². The largest absolute Gasteiger partial charge is 0.452 e. The monoisotopic (exact) mass is 278 g/mol. The molecule has 0 saturated heterocycles. The number of nitrogens with zero attached hydrogens (tertiary/aromatic N) is 2. The second-order valence-corrected chi connectivity index (χ2v) is 4.51. The molecule has 0 unspecified atom stereocenters. The van der Waals surface area contributed by atoms with Gasteiger partial charge in [-0.3, -0.25) is 10.1 Å². The molecule has 2 rings (SSSR count). The first kappa shape index (κ1) is 13.4. The Morgan fingerprint density at radius 3 is 2.95 bits per heavy atom. The van der Waals surface area contributed by atoms with Gasteiger partial charge in [-0.05, 0) is 24.6 Å². The Hall–Kier alpha value is -2.01. The van der Waals surface area contributed by atoms with E-state index in [0.29, 0.717) is 22.1 Å². The van der Waals surface area contributed by atoms with E-state index < -0.39 is 0 Å². The molecule has 1 aromatic heterocycles. The van der Waals surface area contributed by atoms with Gasteiger partial charge in [0.15, 0.2) is 5.75 Å². The van der Waals surface area contributed by atoms with E-state index in [1.54, 1.807) is 24.4 Å². The van der Waals surface area contributed by atoms with Crippen LogP contribution >= 0.6 is 11.6 Å². The minimum absolute atomic E-state index is 0.0239. The zero-order valence-electron chi connectivity index (χ0n) is 10.6. The van der Waals surface area contributed by atoms with Gasteiger partial charge < -0.3 is 10.5 Å². The quantitative estimate of drug-likeness (QED) is 0.652. The van der Waals surface area contributed by atoms with Crippen LogP contribution in [0, 0.1) is 5.41 Å². The summed E-state index contributed by atoms with van der Waals surface area (Å²) in [4.78, 5) is 0. The number of ether oxygens (including phenoxy) is 1. The molecule has 2 aromatic rings. The van der Waals surface area contributed by atoms with E-state index >= 15 is 0 Å². The highest BCUT2D eigenvalue weighted by Gasteiger charge is 2.07. The van der Waals surface area contributed by atoms with Crippen LogP contribution < -0.4 is 10.5 Å². The van der Waals surface area contributed by atoms with Crippen LogP contribution in [0.15, 0.2) is 30.6 Å². The van der Waals surface area contributed by atoms with Crippen LogP contribution in [0.4, 0.5) is 0 Å². The normalized spacial score (nSPS) is 10.4. The molecule has 0 fully saturated rings. The summed E-state index contributed by atoms with van der Waals surface area (Å²) in [6.07, 6.45) is 4.47. The lowest BCUT2D eigenvalue weighted by Crippen LogP contribution is -2.10. The Morgan fingerprint density at radius 1 is 1.53 bits per heavy atom. The zero-order chi connectivity index (χ0) is 13.8. The first-order valence-electron chi connectivity index (χ1n) is 5.94. The van der Waals surface area contributed by atoms with Crippen molar-refractivity contribution in [1.82, 2.24) is 9.78 Å². The maximum atomic E-state index is 7.34. The highest BCUT2D eigenvalue weighted by molar-refractivity contribution is 6.32. The van der Waals surface area contributed by atoms with Gasteiger partial charge in [0, 0.05) is 12.1 Å². The van der Waals surface area contributed by atoms with E-state index in [2.05, 4.69) is 12.0 Å². The van der Waals surface area contributed by atoms with Crippen molar-refractivity contribution in [1.29, 1.82) is 5.41 Å². The number of amidine groups is 1. The van der Waals surface area contributed by atoms with Gasteiger partial charge in [-0.1, -0.05) is 18.5 Å². The van der Waals surface area contributed by atoms with Crippen molar-refractivity contribution < 1.29 is 4.74 Å². The number of nitrogen functional groups attached to an aromatic ring is 1. The lowest BCUT2D eigenvalue weighted by atomic mass is 10.2. The molecular formula is C13H15ClN4O. The number of hydrogen-bond donors (Lipinski definition) is 2. The number of aromatic nitrogens is 2. The number of halogens is 1. The number of aryl methyl sites for hydroxylation is 1. The summed E-state index contributed by atoms with van der Waals surface area (Å²) in [5.74, 6) is 1.12. The second kappa shape index (κ2) is 5.75. The Bertz CT molecular complexity index is 594. The third-order valence-corrected chi connectivity index (χ3v) is 2.83. The summed E-state index contributed by atoms with van der Waals surface area (Å²) in [5.41, 5.74) is 5.96. The number of rotatable bonds is 5. The van der Waals surface area contributed by atoms with E-state index in [-0.39, 0.29) is 5.84 Å². The zero-order valence-corrected chi connectivity index (χ0v) is 11.3. The molecule has 0 aliphatic rings. The Morgan fingerprint density at radius 2 is 2.32 bits per heavy atom. The molecule has 0 saturated carbocycles. The van der Waals surface area contributed by atoms with Crippen molar-refractivity contribution in [3.63, 3.8) is 0 Å². The maximum Gasteiger partial charge on any atom is 0.165 e. The summed E-state index contributed by atoms with van der Waals surface area (Å²) in [6, 6.07) is 4.99. The summed E-state index contributed by atoms with van der Waals surface area (Å²) in [5, 5.41) is 11.9. The van der Waals surface area contributed by atoms with Gasteiger partial charge in [-0.25, -0.2) is 0 Å². The molecule has 19 heavy (non-hydrogen) atoms. The molecule has 5 nitrogen and oxygen atoms in total. The highest BCUT2D eigenvalue weighted by atomic mass is 35.5. The van der Waals surface area contributed by atoms with E-state index in [0.717, 1.165) is 13.0 Å². The van der Waals surface area contributed by atoms with E-state index in [4.69, 9.17) is 27.5 Å².